The zero-order valence-electron chi connectivity index (χ0n) is 16.2. The lowest BCUT2D eigenvalue weighted by Crippen LogP contribution is -2.47. The van der Waals surface area contributed by atoms with Crippen LogP contribution >= 0.6 is 0 Å². The minimum atomic E-state index is -3.43. The highest BCUT2D eigenvalue weighted by Gasteiger charge is 2.30. The van der Waals surface area contributed by atoms with Crippen LogP contribution in [0.1, 0.15) is 19.4 Å². The molecule has 27 heavy (non-hydrogen) atoms. The lowest BCUT2D eigenvalue weighted by molar-refractivity contribution is -0.134. The summed E-state index contributed by atoms with van der Waals surface area (Å²) in [6, 6.07) is 4.63. The molecule has 0 aliphatic carbocycles. The molecule has 1 amide bonds. The molecule has 1 aliphatic rings. The summed E-state index contributed by atoms with van der Waals surface area (Å²) < 4.78 is 31.6. The first-order chi connectivity index (χ1) is 12.6. The molecule has 2 rings (SSSR count). The molecule has 3 atom stereocenters. The first kappa shape index (κ1) is 21.5. The third-order valence-corrected chi connectivity index (χ3v) is 5.23. The number of amides is 1. The van der Waals surface area contributed by atoms with Crippen LogP contribution in [0.25, 0.3) is 0 Å². The molecule has 1 aromatic rings. The zero-order chi connectivity index (χ0) is 20.2. The fraction of sp³-hybridized carbons (Fsp3) is 0.611. The molecule has 152 valence electrons. The summed E-state index contributed by atoms with van der Waals surface area (Å²) >= 11 is 0. The van der Waals surface area contributed by atoms with E-state index in [2.05, 4.69) is 10.0 Å². The Labute approximate surface area is 160 Å². The van der Waals surface area contributed by atoms with Crippen LogP contribution in [0.15, 0.2) is 18.2 Å². The standard InChI is InChI=1S/C18H29N3O5S/c1-12-10-21(13(2)11-22)18(23)8-14-7-15(20-27(4,24)25)5-6-16(14)26-17(12)9-19-3/h5-7,12-13,17,19-20,22H,8-11H2,1-4H3/t12-,13+,17+/m0/s1. The van der Waals surface area contributed by atoms with Gasteiger partial charge in [-0.15, -0.1) is 0 Å². The number of carbonyl (C=O) groups is 1. The Morgan fingerprint density at radius 3 is 2.70 bits per heavy atom. The van der Waals surface area contributed by atoms with E-state index in [0.29, 0.717) is 30.1 Å². The molecule has 0 radical (unpaired) electrons. The van der Waals surface area contributed by atoms with Gasteiger partial charge < -0.3 is 20.1 Å². The topological polar surface area (TPSA) is 108 Å². The molecule has 0 fully saturated rings. The maximum atomic E-state index is 12.9. The van der Waals surface area contributed by atoms with Gasteiger partial charge in [0.2, 0.25) is 15.9 Å². The van der Waals surface area contributed by atoms with E-state index in [0.717, 1.165) is 6.26 Å². The fourth-order valence-corrected chi connectivity index (χ4v) is 3.71. The molecule has 8 nitrogen and oxygen atoms in total. The van der Waals surface area contributed by atoms with E-state index in [1.165, 1.54) is 0 Å². The van der Waals surface area contributed by atoms with E-state index < -0.39 is 10.0 Å². The third-order valence-electron chi connectivity index (χ3n) is 4.63. The van der Waals surface area contributed by atoms with E-state index >= 15 is 0 Å². The quantitative estimate of drug-likeness (QED) is 0.640. The van der Waals surface area contributed by atoms with Crippen molar-refractivity contribution >= 4 is 21.6 Å². The van der Waals surface area contributed by atoms with Crippen molar-refractivity contribution in [2.24, 2.45) is 5.92 Å². The molecular weight excluding hydrogens is 370 g/mol. The van der Waals surface area contributed by atoms with Crippen molar-refractivity contribution in [2.45, 2.75) is 32.4 Å². The summed E-state index contributed by atoms with van der Waals surface area (Å²) in [5.74, 6) is 0.470. The summed E-state index contributed by atoms with van der Waals surface area (Å²) in [5.41, 5.74) is 0.992. The average molecular weight is 400 g/mol. The van der Waals surface area contributed by atoms with E-state index in [4.69, 9.17) is 4.74 Å². The Morgan fingerprint density at radius 1 is 1.41 bits per heavy atom. The van der Waals surface area contributed by atoms with Gasteiger partial charge in [0.25, 0.3) is 0 Å². The Balaban J connectivity index is 2.45. The predicted octanol–water partition coefficient (Wildman–Crippen LogP) is 0.427. The summed E-state index contributed by atoms with van der Waals surface area (Å²) in [7, 11) is -1.59. The van der Waals surface area contributed by atoms with E-state index in [1.54, 1.807) is 30.0 Å². The van der Waals surface area contributed by atoms with Gasteiger partial charge in [-0.1, -0.05) is 6.92 Å². The average Bonchev–Trinajstić information content (AvgIpc) is 2.62. The van der Waals surface area contributed by atoms with Crippen molar-refractivity contribution < 1.29 is 23.1 Å². The van der Waals surface area contributed by atoms with Crippen molar-refractivity contribution in [3.8, 4) is 5.75 Å². The number of fused-ring (bicyclic) bond motifs is 1. The monoisotopic (exact) mass is 399 g/mol. The van der Waals surface area contributed by atoms with Crippen molar-refractivity contribution in [1.29, 1.82) is 0 Å². The second-order valence-corrected chi connectivity index (χ2v) is 8.89. The second-order valence-electron chi connectivity index (χ2n) is 7.14. The highest BCUT2D eigenvalue weighted by atomic mass is 32.2. The number of anilines is 1. The van der Waals surface area contributed by atoms with Crippen LogP contribution in [0, 0.1) is 5.92 Å². The first-order valence-corrected chi connectivity index (χ1v) is 10.9. The van der Waals surface area contributed by atoms with Crippen LogP contribution < -0.4 is 14.8 Å². The molecule has 9 heteroatoms. The molecule has 0 unspecified atom stereocenters. The van der Waals surface area contributed by atoms with Crippen molar-refractivity contribution in [3.05, 3.63) is 23.8 Å². The molecule has 0 saturated heterocycles. The normalized spacial score (nSPS) is 22.1. The number of carbonyl (C=O) groups excluding carboxylic acids is 1. The maximum absolute atomic E-state index is 12.9. The minimum Gasteiger partial charge on any atom is -0.488 e. The minimum absolute atomic E-state index is 0.0372. The number of hydrogen-bond acceptors (Lipinski definition) is 6. The zero-order valence-corrected chi connectivity index (χ0v) is 17.0. The predicted molar refractivity (Wildman–Crippen MR) is 104 cm³/mol. The van der Waals surface area contributed by atoms with Gasteiger partial charge in [-0.05, 0) is 32.2 Å². The Hall–Kier alpha value is -1.84. The van der Waals surface area contributed by atoms with Crippen LogP contribution in [0.4, 0.5) is 5.69 Å². The summed E-state index contributed by atoms with van der Waals surface area (Å²) in [6.45, 7) is 4.75. The lowest BCUT2D eigenvalue weighted by atomic mass is 10.0. The number of ether oxygens (including phenoxy) is 1. The van der Waals surface area contributed by atoms with Crippen LogP contribution in [0.5, 0.6) is 5.75 Å². The van der Waals surface area contributed by atoms with Gasteiger partial charge in [0.15, 0.2) is 0 Å². The molecule has 0 bridgehead atoms. The van der Waals surface area contributed by atoms with E-state index in [-0.39, 0.29) is 37.0 Å². The highest BCUT2D eigenvalue weighted by molar-refractivity contribution is 7.92. The van der Waals surface area contributed by atoms with Gasteiger partial charge >= 0.3 is 0 Å². The third kappa shape index (κ3) is 5.82. The number of hydrogen-bond donors (Lipinski definition) is 3. The SMILES string of the molecule is CNC[C@H]1Oc2ccc(NS(C)(=O)=O)cc2CC(=O)N([C@H](C)CO)C[C@@H]1C. The number of sulfonamides is 1. The number of aliphatic hydroxyl groups excluding tert-OH is 1. The van der Waals surface area contributed by atoms with Gasteiger partial charge in [-0.3, -0.25) is 9.52 Å². The Bertz CT molecular complexity index is 768. The van der Waals surface area contributed by atoms with Crippen LogP contribution in [-0.2, 0) is 21.2 Å². The first-order valence-electron chi connectivity index (χ1n) is 8.97. The van der Waals surface area contributed by atoms with Crippen molar-refractivity contribution in [3.63, 3.8) is 0 Å². The van der Waals surface area contributed by atoms with Gasteiger partial charge in [0.1, 0.15) is 11.9 Å². The number of benzene rings is 1. The summed E-state index contributed by atoms with van der Waals surface area (Å²) in [4.78, 5) is 14.6. The molecule has 0 saturated carbocycles. The highest BCUT2D eigenvalue weighted by Crippen LogP contribution is 2.29. The molecular formula is C18H29N3O5S. The molecule has 0 aromatic heterocycles. The van der Waals surface area contributed by atoms with Crippen LogP contribution in [0.3, 0.4) is 0 Å². The Kier molecular flexibility index (Phi) is 7.07. The van der Waals surface area contributed by atoms with Crippen molar-refractivity contribution in [1.82, 2.24) is 10.2 Å². The lowest BCUT2D eigenvalue weighted by Gasteiger charge is -2.32. The van der Waals surface area contributed by atoms with Gasteiger partial charge in [0, 0.05) is 30.3 Å². The fourth-order valence-electron chi connectivity index (χ4n) is 3.15. The molecule has 1 aliphatic heterocycles. The van der Waals surface area contributed by atoms with Crippen LogP contribution in [-0.4, -0.2) is 69.5 Å². The van der Waals surface area contributed by atoms with Gasteiger partial charge in [-0.2, -0.15) is 0 Å². The number of rotatable bonds is 6. The van der Waals surface area contributed by atoms with Gasteiger partial charge in [0.05, 0.1) is 25.3 Å². The molecule has 1 heterocycles. The summed E-state index contributed by atoms with van der Waals surface area (Å²) in [5, 5.41) is 12.7. The van der Waals surface area contributed by atoms with Crippen molar-refractivity contribution in [2.75, 3.05) is 37.7 Å². The smallest absolute Gasteiger partial charge is 0.229 e. The number of likely N-dealkylation sites (N-methyl/N-ethyl adjacent to an activating group) is 1. The molecule has 0 spiro atoms. The number of nitrogens with one attached hydrogen (secondary N) is 2. The van der Waals surface area contributed by atoms with Gasteiger partial charge in [-0.25, -0.2) is 8.42 Å². The molecule has 1 aromatic carbocycles. The number of aliphatic hydroxyl groups is 1. The maximum Gasteiger partial charge on any atom is 0.229 e. The van der Waals surface area contributed by atoms with E-state index in [1.807, 2.05) is 14.0 Å². The Morgan fingerprint density at radius 2 is 2.11 bits per heavy atom. The molecule has 3 N–H and O–H groups in total. The second kappa shape index (κ2) is 8.90. The van der Waals surface area contributed by atoms with Crippen LogP contribution in [0.2, 0.25) is 0 Å². The summed E-state index contributed by atoms with van der Waals surface area (Å²) in [6.07, 6.45) is 0.964. The van der Waals surface area contributed by atoms with E-state index in [9.17, 15) is 18.3 Å². The largest absolute Gasteiger partial charge is 0.488 e. The number of nitrogens with zero attached hydrogens (tertiary/aromatic N) is 1.